The van der Waals surface area contributed by atoms with Gasteiger partial charge in [-0.15, -0.1) is 11.3 Å². The Balaban J connectivity index is 1.43. The Bertz CT molecular complexity index is 1840. The number of sulfonamides is 1. The van der Waals surface area contributed by atoms with Crippen LogP contribution in [0.15, 0.2) is 83.8 Å². The zero-order valence-electron chi connectivity index (χ0n) is 23.3. The summed E-state index contributed by atoms with van der Waals surface area (Å²) in [6, 6.07) is 24.5. The summed E-state index contributed by atoms with van der Waals surface area (Å²) in [4.78, 5) is 9.65. The van der Waals surface area contributed by atoms with Crippen molar-refractivity contribution in [1.29, 1.82) is 0 Å². The Kier molecular flexibility index (Phi) is 8.20. The molecular weight excluding hydrogens is 590 g/mol. The lowest BCUT2D eigenvalue weighted by molar-refractivity contribution is 0.249. The van der Waals surface area contributed by atoms with Gasteiger partial charge in [0.1, 0.15) is 4.83 Å². The van der Waals surface area contributed by atoms with E-state index < -0.39 is 10.0 Å². The molecule has 0 saturated heterocycles. The van der Waals surface area contributed by atoms with E-state index in [-0.39, 0.29) is 11.4 Å². The highest BCUT2D eigenvalue weighted by Crippen LogP contribution is 2.46. The highest BCUT2D eigenvalue weighted by Gasteiger charge is 2.27. The van der Waals surface area contributed by atoms with E-state index in [0.717, 1.165) is 47.4 Å². The van der Waals surface area contributed by atoms with Gasteiger partial charge in [-0.2, -0.15) is 0 Å². The molecule has 10 heteroatoms. The van der Waals surface area contributed by atoms with Gasteiger partial charge in [0.2, 0.25) is 10.0 Å². The van der Waals surface area contributed by atoms with Gasteiger partial charge < -0.3 is 9.47 Å². The van der Waals surface area contributed by atoms with E-state index in [0.29, 0.717) is 22.2 Å². The molecule has 0 aliphatic carbocycles. The third-order valence-corrected chi connectivity index (χ3v) is 10.4. The van der Waals surface area contributed by atoms with Crippen LogP contribution in [0.4, 0.5) is 0 Å². The summed E-state index contributed by atoms with van der Waals surface area (Å²) >= 11 is 8.78. The first-order chi connectivity index (χ1) is 20.4. The molecule has 1 aliphatic rings. The first-order valence-electron chi connectivity index (χ1n) is 13.5. The molecule has 6 rings (SSSR count). The van der Waals surface area contributed by atoms with Crippen molar-refractivity contribution in [2.24, 2.45) is 0 Å². The molecule has 0 bridgehead atoms. The summed E-state index contributed by atoms with van der Waals surface area (Å²) in [7, 11) is -0.554. The molecule has 7 nitrogen and oxygen atoms in total. The maximum Gasteiger partial charge on any atom is 0.240 e. The minimum Gasteiger partial charge on any atom is -0.493 e. The van der Waals surface area contributed by atoms with Gasteiger partial charge in [-0.3, -0.25) is 4.90 Å². The number of methoxy groups -OCH3 is 2. The standard InChI is InChI=1S/C32H30ClN3O4S2/c1-39-26-14-13-22(17-27(26)40-2)29-30-24-15-16-36(19-21-9-5-3-6-10-21)20-28(24)41-32(30)35-25(31(29)33)18-34-42(37,38)23-11-7-4-8-12-23/h3-14,17,34H,15-16,18-20H2,1-2H3. The maximum atomic E-state index is 13.0. The fraction of sp³-hybridized carbons (Fsp3) is 0.219. The Morgan fingerprint density at radius 2 is 1.69 bits per heavy atom. The molecule has 3 heterocycles. The summed E-state index contributed by atoms with van der Waals surface area (Å²) in [5.74, 6) is 1.20. The molecule has 5 aromatic rings. The minimum absolute atomic E-state index is 0.0466. The fourth-order valence-corrected chi connectivity index (χ4v) is 8.02. The molecule has 0 spiro atoms. The van der Waals surface area contributed by atoms with E-state index in [4.69, 9.17) is 26.1 Å². The third kappa shape index (κ3) is 5.63. The van der Waals surface area contributed by atoms with Crippen LogP contribution in [0.5, 0.6) is 11.5 Å². The quantitative estimate of drug-likeness (QED) is 0.198. The van der Waals surface area contributed by atoms with Crippen molar-refractivity contribution < 1.29 is 17.9 Å². The molecule has 2 aromatic heterocycles. The van der Waals surface area contributed by atoms with E-state index in [1.54, 1.807) is 55.9 Å². The van der Waals surface area contributed by atoms with Gasteiger partial charge in [0.05, 0.1) is 36.4 Å². The molecule has 0 fully saturated rings. The minimum atomic E-state index is -3.75. The third-order valence-electron chi connectivity index (χ3n) is 7.48. The molecule has 1 aliphatic heterocycles. The molecule has 0 unspecified atom stereocenters. The van der Waals surface area contributed by atoms with E-state index in [9.17, 15) is 8.42 Å². The van der Waals surface area contributed by atoms with Gasteiger partial charge in [-0.25, -0.2) is 18.1 Å². The number of thiophene rings is 1. The van der Waals surface area contributed by atoms with Gasteiger partial charge >= 0.3 is 0 Å². The van der Waals surface area contributed by atoms with Gasteiger partial charge in [0, 0.05) is 35.5 Å². The summed E-state index contributed by atoms with van der Waals surface area (Å²) in [6.07, 6.45) is 0.862. The van der Waals surface area contributed by atoms with Crippen molar-refractivity contribution in [2.75, 3.05) is 20.8 Å². The lowest BCUT2D eigenvalue weighted by atomic mass is 9.95. The lowest BCUT2D eigenvalue weighted by Gasteiger charge is -2.27. The monoisotopic (exact) mass is 619 g/mol. The van der Waals surface area contributed by atoms with Crippen LogP contribution in [0.3, 0.4) is 0 Å². The normalized spacial score (nSPS) is 13.7. The summed E-state index contributed by atoms with van der Waals surface area (Å²) < 4.78 is 39.8. The molecule has 42 heavy (non-hydrogen) atoms. The molecule has 0 amide bonds. The van der Waals surface area contributed by atoms with Crippen LogP contribution in [0, 0.1) is 0 Å². The Morgan fingerprint density at radius 3 is 2.40 bits per heavy atom. The van der Waals surface area contributed by atoms with Crippen molar-refractivity contribution >= 4 is 43.2 Å². The zero-order valence-corrected chi connectivity index (χ0v) is 25.7. The van der Waals surface area contributed by atoms with E-state index in [1.165, 1.54) is 16.0 Å². The second-order valence-electron chi connectivity index (χ2n) is 10.1. The number of nitrogens with one attached hydrogen (secondary N) is 1. The summed E-state index contributed by atoms with van der Waals surface area (Å²) in [5.41, 5.74) is 4.67. The van der Waals surface area contributed by atoms with Crippen LogP contribution in [0.2, 0.25) is 5.02 Å². The van der Waals surface area contributed by atoms with E-state index in [1.807, 2.05) is 24.3 Å². The van der Waals surface area contributed by atoms with Gasteiger partial charge in [-0.05, 0) is 47.4 Å². The number of hydrogen-bond donors (Lipinski definition) is 1. The number of aromatic nitrogens is 1. The Morgan fingerprint density at radius 1 is 0.976 bits per heavy atom. The number of hydrogen-bond acceptors (Lipinski definition) is 7. The van der Waals surface area contributed by atoms with Crippen molar-refractivity contribution in [2.45, 2.75) is 31.0 Å². The predicted molar refractivity (Wildman–Crippen MR) is 168 cm³/mol. The highest BCUT2D eigenvalue weighted by atomic mass is 35.5. The molecule has 1 N–H and O–H groups in total. The first-order valence-corrected chi connectivity index (χ1v) is 16.2. The Labute approximate surface area is 254 Å². The highest BCUT2D eigenvalue weighted by molar-refractivity contribution is 7.89. The second-order valence-corrected chi connectivity index (χ2v) is 13.3. The van der Waals surface area contributed by atoms with E-state index in [2.05, 4.69) is 33.9 Å². The van der Waals surface area contributed by atoms with Crippen molar-refractivity contribution in [1.82, 2.24) is 14.6 Å². The summed E-state index contributed by atoms with van der Waals surface area (Å²) in [6.45, 7) is 2.55. The number of rotatable bonds is 9. The van der Waals surface area contributed by atoms with Crippen LogP contribution in [0.25, 0.3) is 21.3 Å². The van der Waals surface area contributed by atoms with Gasteiger partial charge in [0.25, 0.3) is 0 Å². The topological polar surface area (TPSA) is 80.8 Å². The first kappa shape index (κ1) is 28.6. The molecule has 216 valence electrons. The van der Waals surface area contributed by atoms with Gasteiger partial charge in [0.15, 0.2) is 11.5 Å². The number of pyridine rings is 1. The van der Waals surface area contributed by atoms with Crippen LogP contribution in [-0.2, 0) is 36.1 Å². The predicted octanol–water partition coefficient (Wildman–Crippen LogP) is 6.67. The average Bonchev–Trinajstić information content (AvgIpc) is 3.37. The van der Waals surface area contributed by atoms with Crippen LogP contribution in [-0.4, -0.2) is 39.1 Å². The van der Waals surface area contributed by atoms with Crippen molar-refractivity contribution in [3.63, 3.8) is 0 Å². The SMILES string of the molecule is COc1ccc(-c2c(Cl)c(CNS(=O)(=O)c3ccccc3)nc3sc4c(c23)CCN(Cc2ccccc2)C4)cc1OC. The second kappa shape index (κ2) is 12.0. The number of halogens is 1. The van der Waals surface area contributed by atoms with E-state index >= 15 is 0 Å². The van der Waals surface area contributed by atoms with Gasteiger partial charge in [-0.1, -0.05) is 66.2 Å². The molecule has 0 atom stereocenters. The fourth-order valence-electron chi connectivity index (χ4n) is 5.41. The van der Waals surface area contributed by atoms with Crippen molar-refractivity contribution in [3.8, 4) is 22.6 Å². The Hall–Kier alpha value is -3.47. The lowest BCUT2D eigenvalue weighted by Crippen LogP contribution is -2.29. The largest absolute Gasteiger partial charge is 0.493 e. The number of benzene rings is 3. The molecule has 0 radical (unpaired) electrons. The number of ether oxygens (including phenoxy) is 2. The number of fused-ring (bicyclic) bond motifs is 3. The van der Waals surface area contributed by atoms with Crippen molar-refractivity contribution in [3.05, 3.63) is 106 Å². The molecule has 3 aromatic carbocycles. The summed E-state index contributed by atoms with van der Waals surface area (Å²) in [5, 5.41) is 1.43. The maximum absolute atomic E-state index is 13.0. The zero-order chi connectivity index (χ0) is 29.3. The molecular formula is C32H30ClN3O4S2. The van der Waals surface area contributed by atoms with Crippen LogP contribution < -0.4 is 14.2 Å². The van der Waals surface area contributed by atoms with Crippen LogP contribution in [0.1, 0.15) is 21.7 Å². The van der Waals surface area contributed by atoms with Crippen LogP contribution >= 0.6 is 22.9 Å². The smallest absolute Gasteiger partial charge is 0.240 e. The average molecular weight is 620 g/mol. The number of nitrogens with zero attached hydrogens (tertiary/aromatic N) is 2. The molecule has 0 saturated carbocycles.